The van der Waals surface area contributed by atoms with Crippen molar-refractivity contribution in [3.63, 3.8) is 0 Å². The number of nitrogen functional groups attached to an aromatic ring is 1. The van der Waals surface area contributed by atoms with E-state index < -0.39 is 0 Å². The molecule has 0 aliphatic rings. The maximum Gasteiger partial charge on any atom is 0.237 e. The van der Waals surface area contributed by atoms with E-state index in [1.165, 1.54) is 18.1 Å². The number of benzene rings is 1. The molecule has 2 aromatic rings. The zero-order chi connectivity index (χ0) is 15.2. The van der Waals surface area contributed by atoms with Crippen molar-refractivity contribution in [1.29, 1.82) is 0 Å². The average Bonchev–Trinajstić information content (AvgIpc) is 2.44. The molecular weight excluding hydrogens is 286 g/mol. The summed E-state index contributed by atoms with van der Waals surface area (Å²) in [4.78, 5) is 24.1. The van der Waals surface area contributed by atoms with Crippen molar-refractivity contribution in [2.24, 2.45) is 0 Å². The molecule has 7 heteroatoms. The van der Waals surface area contributed by atoms with Crippen molar-refractivity contribution in [1.82, 2.24) is 15.0 Å². The highest BCUT2D eigenvalue weighted by atomic mass is 32.2. The molecule has 21 heavy (non-hydrogen) atoms. The Hall–Kier alpha value is -2.15. The Balaban J connectivity index is 2.05. The van der Waals surface area contributed by atoms with Gasteiger partial charge in [-0.05, 0) is 31.0 Å². The predicted octanol–water partition coefficient (Wildman–Crippen LogP) is 2.27. The van der Waals surface area contributed by atoms with E-state index in [1.54, 1.807) is 0 Å². The van der Waals surface area contributed by atoms with Crippen LogP contribution in [0.25, 0.3) is 0 Å². The van der Waals surface area contributed by atoms with E-state index in [0.717, 1.165) is 11.3 Å². The molecule has 0 saturated heterocycles. The number of carbonyl (C=O) groups is 1. The van der Waals surface area contributed by atoms with Crippen molar-refractivity contribution in [3.05, 3.63) is 36.2 Å². The molecule has 1 aromatic heterocycles. The lowest BCUT2D eigenvalue weighted by atomic mass is 10.2. The third-order valence-electron chi connectivity index (χ3n) is 2.76. The molecule has 1 heterocycles. The Morgan fingerprint density at radius 2 is 2.24 bits per heavy atom. The lowest BCUT2D eigenvalue weighted by Crippen LogP contribution is -2.25. The number of aryl methyl sites for hydroxylation is 1. The molecule has 0 aliphatic heterocycles. The standard InChI is InChI=1S/C14H17N5OS/c1-3-11(21-14-17-8-16-13(15)19-14)12(20)18-10-6-4-5-9(2)7-10/h4-8,11H,3H2,1-2H3,(H,18,20)(H2,15,16,17,19). The molecule has 0 saturated carbocycles. The first kappa shape index (κ1) is 15.2. The molecule has 2 rings (SSSR count). The van der Waals surface area contributed by atoms with E-state index in [4.69, 9.17) is 5.73 Å². The summed E-state index contributed by atoms with van der Waals surface area (Å²) in [5, 5.41) is 3.07. The molecule has 0 spiro atoms. The maximum atomic E-state index is 12.3. The topological polar surface area (TPSA) is 93.8 Å². The Morgan fingerprint density at radius 1 is 1.43 bits per heavy atom. The number of thioether (sulfide) groups is 1. The van der Waals surface area contributed by atoms with Crippen molar-refractivity contribution in [2.75, 3.05) is 11.1 Å². The first-order valence-electron chi connectivity index (χ1n) is 6.57. The van der Waals surface area contributed by atoms with E-state index in [2.05, 4.69) is 20.3 Å². The SMILES string of the molecule is CCC(Sc1ncnc(N)n1)C(=O)Nc1cccc(C)c1. The van der Waals surface area contributed by atoms with Gasteiger partial charge in [-0.2, -0.15) is 4.98 Å². The van der Waals surface area contributed by atoms with Gasteiger partial charge in [0.05, 0.1) is 5.25 Å². The zero-order valence-electron chi connectivity index (χ0n) is 11.9. The highest BCUT2D eigenvalue weighted by molar-refractivity contribution is 8.00. The largest absolute Gasteiger partial charge is 0.368 e. The fourth-order valence-electron chi connectivity index (χ4n) is 1.74. The van der Waals surface area contributed by atoms with Crippen LogP contribution < -0.4 is 11.1 Å². The second kappa shape index (κ2) is 7.03. The minimum absolute atomic E-state index is 0.0768. The van der Waals surface area contributed by atoms with Gasteiger partial charge in [-0.1, -0.05) is 30.8 Å². The average molecular weight is 303 g/mol. The Labute approximate surface area is 127 Å². The number of nitrogens with one attached hydrogen (secondary N) is 1. The number of hydrogen-bond donors (Lipinski definition) is 2. The molecular formula is C14H17N5OS. The fraction of sp³-hybridized carbons (Fsp3) is 0.286. The van der Waals surface area contributed by atoms with Crippen LogP contribution >= 0.6 is 11.8 Å². The van der Waals surface area contributed by atoms with Crippen LogP contribution in [0, 0.1) is 6.92 Å². The van der Waals surface area contributed by atoms with Crippen LogP contribution in [0.3, 0.4) is 0 Å². The van der Waals surface area contributed by atoms with Gasteiger partial charge in [0.15, 0.2) is 5.16 Å². The monoisotopic (exact) mass is 303 g/mol. The highest BCUT2D eigenvalue weighted by Gasteiger charge is 2.19. The van der Waals surface area contributed by atoms with Crippen molar-refractivity contribution in [3.8, 4) is 0 Å². The van der Waals surface area contributed by atoms with Gasteiger partial charge in [-0.25, -0.2) is 9.97 Å². The number of amides is 1. The molecule has 1 atom stereocenters. The van der Waals surface area contributed by atoms with Crippen molar-refractivity contribution in [2.45, 2.75) is 30.7 Å². The third kappa shape index (κ3) is 4.42. The molecule has 1 amide bonds. The molecule has 0 bridgehead atoms. The Morgan fingerprint density at radius 3 is 2.90 bits per heavy atom. The summed E-state index contributed by atoms with van der Waals surface area (Å²) >= 11 is 1.28. The zero-order valence-corrected chi connectivity index (χ0v) is 12.7. The second-order valence-electron chi connectivity index (χ2n) is 4.50. The van der Waals surface area contributed by atoms with Gasteiger partial charge in [0.1, 0.15) is 6.33 Å². The van der Waals surface area contributed by atoms with E-state index in [-0.39, 0.29) is 17.1 Å². The quantitative estimate of drug-likeness (QED) is 0.823. The molecule has 6 nitrogen and oxygen atoms in total. The minimum Gasteiger partial charge on any atom is -0.368 e. The molecule has 110 valence electrons. The summed E-state index contributed by atoms with van der Waals surface area (Å²) in [6.45, 7) is 3.92. The molecule has 1 unspecified atom stereocenters. The van der Waals surface area contributed by atoms with Gasteiger partial charge in [-0.3, -0.25) is 4.79 Å². The van der Waals surface area contributed by atoms with Crippen LogP contribution in [0.15, 0.2) is 35.7 Å². The summed E-state index contributed by atoms with van der Waals surface area (Å²) in [6.07, 6.45) is 2.00. The Bertz CT molecular complexity index is 634. The fourth-order valence-corrected chi connectivity index (χ4v) is 2.59. The highest BCUT2D eigenvalue weighted by Crippen LogP contribution is 2.23. The third-order valence-corrected chi connectivity index (χ3v) is 4.00. The first-order chi connectivity index (χ1) is 10.1. The van der Waals surface area contributed by atoms with Gasteiger partial charge < -0.3 is 11.1 Å². The summed E-state index contributed by atoms with van der Waals surface area (Å²) in [6, 6.07) is 7.68. The van der Waals surface area contributed by atoms with Crippen molar-refractivity contribution < 1.29 is 4.79 Å². The number of rotatable bonds is 5. The lowest BCUT2D eigenvalue weighted by molar-refractivity contribution is -0.115. The normalized spacial score (nSPS) is 11.9. The summed E-state index contributed by atoms with van der Waals surface area (Å²) in [5.74, 6) is 0.0773. The number of anilines is 2. The number of nitrogens with two attached hydrogens (primary N) is 1. The number of nitrogens with zero attached hydrogens (tertiary/aromatic N) is 3. The maximum absolute atomic E-state index is 12.3. The van der Waals surface area contributed by atoms with E-state index in [9.17, 15) is 4.79 Å². The van der Waals surface area contributed by atoms with Crippen LogP contribution in [0.5, 0.6) is 0 Å². The van der Waals surface area contributed by atoms with Gasteiger partial charge in [0.2, 0.25) is 11.9 Å². The van der Waals surface area contributed by atoms with Crippen LogP contribution in [0.1, 0.15) is 18.9 Å². The van der Waals surface area contributed by atoms with E-state index in [0.29, 0.717) is 11.6 Å². The summed E-state index contributed by atoms with van der Waals surface area (Å²) < 4.78 is 0. The Kier molecular flexibility index (Phi) is 5.10. The van der Waals surface area contributed by atoms with Gasteiger partial charge in [0, 0.05) is 5.69 Å². The second-order valence-corrected chi connectivity index (χ2v) is 5.67. The first-order valence-corrected chi connectivity index (χ1v) is 7.45. The van der Waals surface area contributed by atoms with Gasteiger partial charge >= 0.3 is 0 Å². The smallest absolute Gasteiger partial charge is 0.237 e. The van der Waals surface area contributed by atoms with Gasteiger partial charge in [0.25, 0.3) is 0 Å². The molecule has 3 N–H and O–H groups in total. The molecule has 0 aliphatic carbocycles. The van der Waals surface area contributed by atoms with Crippen LogP contribution in [-0.4, -0.2) is 26.1 Å². The summed E-state index contributed by atoms with van der Waals surface area (Å²) in [7, 11) is 0. The van der Waals surface area contributed by atoms with Crippen LogP contribution in [0.2, 0.25) is 0 Å². The van der Waals surface area contributed by atoms with E-state index in [1.807, 2.05) is 38.1 Å². The number of carbonyl (C=O) groups excluding carboxylic acids is 1. The molecule has 0 radical (unpaired) electrons. The molecule has 0 fully saturated rings. The van der Waals surface area contributed by atoms with E-state index >= 15 is 0 Å². The van der Waals surface area contributed by atoms with Gasteiger partial charge in [-0.15, -0.1) is 0 Å². The lowest BCUT2D eigenvalue weighted by Gasteiger charge is -2.14. The predicted molar refractivity (Wildman–Crippen MR) is 84.0 cm³/mol. The van der Waals surface area contributed by atoms with Crippen LogP contribution in [0.4, 0.5) is 11.6 Å². The summed E-state index contributed by atoms with van der Waals surface area (Å²) in [5.41, 5.74) is 7.40. The minimum atomic E-state index is -0.285. The number of aromatic nitrogens is 3. The van der Waals surface area contributed by atoms with Crippen molar-refractivity contribution >= 4 is 29.3 Å². The molecule has 1 aromatic carbocycles. The number of hydrogen-bond acceptors (Lipinski definition) is 6. The van der Waals surface area contributed by atoms with Crippen LogP contribution in [-0.2, 0) is 4.79 Å².